The zero-order valence-corrected chi connectivity index (χ0v) is 34.6. The molecule has 4 nitrogen and oxygen atoms in total. The third-order valence-electron chi connectivity index (χ3n) is 10.5. The topological polar surface area (TPSA) is 58.5 Å². The van der Waals surface area contributed by atoms with Gasteiger partial charge in [0.25, 0.3) is 0 Å². The van der Waals surface area contributed by atoms with Gasteiger partial charge in [-0.05, 0) is 142 Å². The molecule has 0 rings (SSSR count). The molecule has 0 radical (unpaired) electrons. The predicted molar refractivity (Wildman–Crippen MR) is 228 cm³/mol. The van der Waals surface area contributed by atoms with Crippen LogP contribution in [0.4, 0.5) is 0 Å². The van der Waals surface area contributed by atoms with Gasteiger partial charge < -0.3 is 21.3 Å². The molecular weight excluding hydrogens is 609 g/mol. The van der Waals surface area contributed by atoms with E-state index in [1.165, 1.54) is 232 Å². The van der Waals surface area contributed by atoms with Crippen LogP contribution in [0.15, 0.2) is 24.3 Å². The summed E-state index contributed by atoms with van der Waals surface area (Å²) in [6.45, 7) is 13.6. The van der Waals surface area contributed by atoms with E-state index in [1.807, 2.05) is 0 Å². The van der Waals surface area contributed by atoms with E-state index in [0.29, 0.717) is 0 Å². The van der Waals surface area contributed by atoms with Gasteiger partial charge in [-0.3, -0.25) is 0 Å². The predicted octanol–water partition coefficient (Wildman–Crippen LogP) is 13.1. The molecular formula is C46H94N4. The van der Waals surface area contributed by atoms with Gasteiger partial charge in [0.2, 0.25) is 0 Å². The number of rotatable bonds is 43. The van der Waals surface area contributed by atoms with Crippen LogP contribution >= 0.6 is 0 Å². The molecule has 0 spiro atoms. The number of unbranched alkanes of at least 4 members (excludes halogenated alkanes) is 25. The molecule has 0 bridgehead atoms. The van der Waals surface area contributed by atoms with Crippen molar-refractivity contribution in [2.45, 2.75) is 219 Å². The maximum absolute atomic E-state index is 5.89. The zero-order valence-electron chi connectivity index (χ0n) is 34.6. The van der Waals surface area contributed by atoms with Crippen LogP contribution in [-0.4, -0.2) is 62.2 Å². The molecule has 0 saturated heterocycles. The molecule has 0 amide bonds. The van der Waals surface area contributed by atoms with Crippen LogP contribution in [0.5, 0.6) is 0 Å². The van der Waals surface area contributed by atoms with Crippen molar-refractivity contribution < 1.29 is 0 Å². The fourth-order valence-electron chi connectivity index (χ4n) is 7.14. The Labute approximate surface area is 316 Å². The molecule has 0 atom stereocenters. The summed E-state index contributed by atoms with van der Waals surface area (Å²) in [4.78, 5) is 5.41. The maximum Gasteiger partial charge on any atom is -0.000672 e. The van der Waals surface area contributed by atoms with Crippen LogP contribution in [0, 0.1) is 0 Å². The fourth-order valence-corrected chi connectivity index (χ4v) is 7.14. The Balaban J connectivity index is 3.88. The van der Waals surface area contributed by atoms with E-state index in [-0.39, 0.29) is 0 Å². The van der Waals surface area contributed by atoms with E-state index >= 15 is 0 Å². The molecule has 0 heterocycles. The zero-order chi connectivity index (χ0) is 36.3. The first-order valence-corrected chi connectivity index (χ1v) is 22.9. The fraction of sp³-hybridized carbons (Fsp3) is 0.913. The van der Waals surface area contributed by atoms with Crippen molar-refractivity contribution in [3.05, 3.63) is 24.3 Å². The molecule has 298 valence electrons. The first-order valence-electron chi connectivity index (χ1n) is 22.9. The normalized spacial score (nSPS) is 12.2. The maximum atomic E-state index is 5.89. The minimum absolute atomic E-state index is 0.813. The molecule has 0 aromatic heterocycles. The van der Waals surface area contributed by atoms with Gasteiger partial charge in [0.1, 0.15) is 0 Å². The smallest absolute Gasteiger partial charge is 0.000672 e. The quantitative estimate of drug-likeness (QED) is 0.0490. The van der Waals surface area contributed by atoms with Crippen LogP contribution < -0.4 is 11.5 Å². The largest absolute Gasteiger partial charge is 0.330 e. The molecule has 0 aliphatic rings. The van der Waals surface area contributed by atoms with Crippen molar-refractivity contribution in [3.63, 3.8) is 0 Å². The number of nitrogens with two attached hydrogens (primary N) is 2. The molecule has 50 heavy (non-hydrogen) atoms. The van der Waals surface area contributed by atoms with Gasteiger partial charge in [-0.25, -0.2) is 0 Å². The number of nitrogens with zero attached hydrogens (tertiary/aromatic N) is 2. The highest BCUT2D eigenvalue weighted by Crippen LogP contribution is 2.13. The Morgan fingerprint density at radius 3 is 0.780 bits per heavy atom. The first-order chi connectivity index (χ1) is 24.8. The Morgan fingerprint density at radius 2 is 0.500 bits per heavy atom. The number of hydrogen-bond acceptors (Lipinski definition) is 4. The molecule has 4 N–H and O–H groups in total. The van der Waals surface area contributed by atoms with Crippen LogP contribution in [-0.2, 0) is 0 Å². The summed E-state index contributed by atoms with van der Waals surface area (Å²) >= 11 is 0. The summed E-state index contributed by atoms with van der Waals surface area (Å²) in [5.41, 5.74) is 11.8. The SMILES string of the molecule is CCCCCCCCC=CCCCCCCCCN(CCCN)CCCCN(CCCN)CCCCCCCCC=CCCCCCCCC. The van der Waals surface area contributed by atoms with E-state index in [9.17, 15) is 0 Å². The van der Waals surface area contributed by atoms with Gasteiger partial charge in [0.15, 0.2) is 0 Å². The lowest BCUT2D eigenvalue weighted by molar-refractivity contribution is 0.233. The summed E-state index contributed by atoms with van der Waals surface area (Å²) in [6.07, 6.45) is 53.2. The molecule has 4 heteroatoms. The third kappa shape index (κ3) is 40.1. The lowest BCUT2D eigenvalue weighted by Crippen LogP contribution is -2.31. The van der Waals surface area contributed by atoms with E-state index < -0.39 is 0 Å². The van der Waals surface area contributed by atoms with E-state index in [0.717, 1.165) is 25.9 Å². The van der Waals surface area contributed by atoms with Crippen LogP contribution in [0.25, 0.3) is 0 Å². The second kappa shape index (κ2) is 44.5. The second-order valence-corrected chi connectivity index (χ2v) is 15.6. The van der Waals surface area contributed by atoms with Crippen molar-refractivity contribution in [1.29, 1.82) is 0 Å². The molecule has 0 aliphatic carbocycles. The standard InChI is InChI=1S/C46H94N4/c1-3-5-7-9-11-13-15-17-19-21-23-25-27-29-31-33-41-49(45-37-39-47)43-35-36-44-50(46-38-40-48)42-34-32-30-28-26-24-22-20-18-16-14-12-10-8-6-4-2/h17-20H,3-16,21-48H2,1-2H3. The average molecular weight is 703 g/mol. The second-order valence-electron chi connectivity index (χ2n) is 15.6. The van der Waals surface area contributed by atoms with Crippen LogP contribution in [0.1, 0.15) is 219 Å². The summed E-state index contributed by atoms with van der Waals surface area (Å²) in [5, 5.41) is 0. The molecule has 0 unspecified atom stereocenters. The van der Waals surface area contributed by atoms with E-state index in [2.05, 4.69) is 48.0 Å². The summed E-state index contributed by atoms with van der Waals surface area (Å²) < 4.78 is 0. The Kier molecular flexibility index (Phi) is 43.9. The minimum Gasteiger partial charge on any atom is -0.330 e. The van der Waals surface area contributed by atoms with Gasteiger partial charge in [0.05, 0.1) is 0 Å². The lowest BCUT2D eigenvalue weighted by atomic mass is 10.1. The average Bonchev–Trinajstić information content (AvgIpc) is 3.13. The summed E-state index contributed by atoms with van der Waals surface area (Å²) in [7, 11) is 0. The Bertz CT molecular complexity index is 607. The van der Waals surface area contributed by atoms with Crippen molar-refractivity contribution in [3.8, 4) is 0 Å². The monoisotopic (exact) mass is 703 g/mol. The molecule has 0 aromatic rings. The molecule has 0 fully saturated rings. The van der Waals surface area contributed by atoms with Gasteiger partial charge in [-0.2, -0.15) is 0 Å². The van der Waals surface area contributed by atoms with E-state index in [4.69, 9.17) is 11.5 Å². The number of hydrogen-bond donors (Lipinski definition) is 2. The van der Waals surface area contributed by atoms with Crippen molar-refractivity contribution >= 4 is 0 Å². The van der Waals surface area contributed by atoms with Gasteiger partial charge in [-0.15, -0.1) is 0 Å². The summed E-state index contributed by atoms with van der Waals surface area (Å²) in [6, 6.07) is 0. The van der Waals surface area contributed by atoms with Crippen LogP contribution in [0.3, 0.4) is 0 Å². The van der Waals surface area contributed by atoms with Gasteiger partial charge in [0, 0.05) is 0 Å². The van der Waals surface area contributed by atoms with Gasteiger partial charge in [-0.1, -0.05) is 154 Å². The van der Waals surface area contributed by atoms with Gasteiger partial charge >= 0.3 is 0 Å². The highest BCUT2D eigenvalue weighted by atomic mass is 15.1. The summed E-state index contributed by atoms with van der Waals surface area (Å²) in [5.74, 6) is 0. The number of allylic oxidation sites excluding steroid dienone is 4. The molecule has 0 aromatic carbocycles. The van der Waals surface area contributed by atoms with Crippen molar-refractivity contribution in [1.82, 2.24) is 9.80 Å². The molecule has 0 saturated carbocycles. The van der Waals surface area contributed by atoms with E-state index in [1.54, 1.807) is 0 Å². The van der Waals surface area contributed by atoms with Crippen LogP contribution in [0.2, 0.25) is 0 Å². The lowest BCUT2D eigenvalue weighted by Gasteiger charge is -2.24. The highest BCUT2D eigenvalue weighted by Gasteiger charge is 2.07. The Morgan fingerprint density at radius 1 is 0.280 bits per heavy atom. The highest BCUT2D eigenvalue weighted by molar-refractivity contribution is 4.82. The first kappa shape index (κ1) is 49.3. The third-order valence-corrected chi connectivity index (χ3v) is 10.5. The van der Waals surface area contributed by atoms with Crippen molar-refractivity contribution in [2.24, 2.45) is 11.5 Å². The van der Waals surface area contributed by atoms with Crippen molar-refractivity contribution in [2.75, 3.05) is 52.4 Å². The Hall–Kier alpha value is -0.680. The minimum atomic E-state index is 0.813. The molecule has 0 aliphatic heterocycles.